The van der Waals surface area contributed by atoms with E-state index in [1.807, 2.05) is 24.3 Å². The molecule has 122 valence electrons. The molecule has 2 amide bonds. The van der Waals surface area contributed by atoms with Crippen LogP contribution in [-0.4, -0.2) is 39.8 Å². The van der Waals surface area contributed by atoms with E-state index >= 15 is 0 Å². The number of nitrogens with zero attached hydrogens (tertiary/aromatic N) is 3. The Labute approximate surface area is 140 Å². The Hall–Kier alpha value is -2.05. The first kappa shape index (κ1) is 15.8. The summed E-state index contributed by atoms with van der Waals surface area (Å²) in [5, 5.41) is 7.87. The van der Waals surface area contributed by atoms with Crippen LogP contribution in [0.5, 0.6) is 0 Å². The quantitative estimate of drug-likeness (QED) is 0.906. The number of anilines is 1. The Morgan fingerprint density at radius 2 is 2.30 bits per heavy atom. The van der Waals surface area contributed by atoms with Gasteiger partial charge >= 0.3 is 6.03 Å². The fraction of sp³-hybridized carbons (Fsp3) is 0.375. The molecule has 2 aromatic rings. The SMILES string of the molecule is N[C@@H]1CCCN(C(=O)Nc2ccnn2Cc2cccc(Cl)c2)C1. The van der Waals surface area contributed by atoms with Gasteiger partial charge in [0, 0.05) is 30.2 Å². The summed E-state index contributed by atoms with van der Waals surface area (Å²) in [7, 11) is 0. The second kappa shape index (κ2) is 7.02. The number of amides is 2. The van der Waals surface area contributed by atoms with E-state index in [2.05, 4.69) is 10.4 Å². The molecule has 23 heavy (non-hydrogen) atoms. The van der Waals surface area contributed by atoms with Crippen LogP contribution in [0.25, 0.3) is 0 Å². The van der Waals surface area contributed by atoms with Crippen molar-refractivity contribution in [3.05, 3.63) is 47.1 Å². The van der Waals surface area contributed by atoms with Crippen molar-refractivity contribution in [2.75, 3.05) is 18.4 Å². The lowest BCUT2D eigenvalue weighted by molar-refractivity contribution is 0.193. The molecule has 0 saturated carbocycles. The number of carbonyl (C=O) groups is 1. The Kier molecular flexibility index (Phi) is 4.83. The highest BCUT2D eigenvalue weighted by atomic mass is 35.5. The Morgan fingerprint density at radius 1 is 1.43 bits per heavy atom. The summed E-state index contributed by atoms with van der Waals surface area (Å²) in [6.45, 7) is 1.87. The second-order valence-electron chi connectivity index (χ2n) is 5.78. The number of likely N-dealkylation sites (tertiary alicyclic amines) is 1. The normalized spacial score (nSPS) is 18.0. The molecule has 1 aliphatic heterocycles. The minimum atomic E-state index is -0.131. The smallest absolute Gasteiger partial charge is 0.323 e. The Bertz CT molecular complexity index is 687. The number of hydrogen-bond donors (Lipinski definition) is 2. The standard InChI is InChI=1S/C16H20ClN5O/c17-13-4-1-3-12(9-13)10-22-15(6-7-19-22)20-16(23)21-8-2-5-14(18)11-21/h1,3-4,6-7,9,14H,2,5,8,10-11,18H2,(H,20,23)/t14-/m1/s1. The second-order valence-corrected chi connectivity index (χ2v) is 6.22. The zero-order valence-corrected chi connectivity index (χ0v) is 13.5. The molecule has 7 heteroatoms. The third-order valence-electron chi connectivity index (χ3n) is 3.92. The lowest BCUT2D eigenvalue weighted by Crippen LogP contribution is -2.47. The molecule has 6 nitrogen and oxygen atoms in total. The number of nitrogens with one attached hydrogen (secondary N) is 1. The van der Waals surface area contributed by atoms with Gasteiger partial charge in [-0.1, -0.05) is 23.7 Å². The molecular weight excluding hydrogens is 314 g/mol. The number of halogens is 1. The molecule has 3 N–H and O–H groups in total. The number of hydrogen-bond acceptors (Lipinski definition) is 3. The average Bonchev–Trinajstić information content (AvgIpc) is 2.94. The lowest BCUT2D eigenvalue weighted by atomic mass is 10.1. The molecule has 0 radical (unpaired) electrons. The van der Waals surface area contributed by atoms with Gasteiger partial charge < -0.3 is 10.6 Å². The zero-order valence-electron chi connectivity index (χ0n) is 12.8. The van der Waals surface area contributed by atoms with Crippen LogP contribution in [0.3, 0.4) is 0 Å². The van der Waals surface area contributed by atoms with Crippen LogP contribution < -0.4 is 11.1 Å². The van der Waals surface area contributed by atoms with Gasteiger partial charge in [-0.2, -0.15) is 5.10 Å². The molecule has 1 aliphatic rings. The molecule has 1 aromatic carbocycles. The van der Waals surface area contributed by atoms with Crippen molar-refractivity contribution >= 4 is 23.4 Å². The first-order valence-electron chi connectivity index (χ1n) is 7.69. The predicted octanol–water partition coefficient (Wildman–Crippen LogP) is 2.54. The molecule has 0 aliphatic carbocycles. The lowest BCUT2D eigenvalue weighted by Gasteiger charge is -2.30. The fourth-order valence-corrected chi connectivity index (χ4v) is 2.97. The van der Waals surface area contributed by atoms with E-state index in [9.17, 15) is 4.79 Å². The molecule has 3 rings (SSSR count). The van der Waals surface area contributed by atoms with Crippen LogP contribution in [0, 0.1) is 0 Å². The maximum atomic E-state index is 12.4. The van der Waals surface area contributed by atoms with Gasteiger partial charge in [-0.05, 0) is 30.5 Å². The molecule has 2 heterocycles. The minimum absolute atomic E-state index is 0.0610. The largest absolute Gasteiger partial charge is 0.326 e. The van der Waals surface area contributed by atoms with Crippen molar-refractivity contribution in [2.45, 2.75) is 25.4 Å². The van der Waals surface area contributed by atoms with Gasteiger partial charge in [-0.15, -0.1) is 0 Å². The van der Waals surface area contributed by atoms with E-state index < -0.39 is 0 Å². The van der Waals surface area contributed by atoms with E-state index in [0.717, 1.165) is 24.9 Å². The number of piperidine rings is 1. The Balaban J connectivity index is 1.67. The van der Waals surface area contributed by atoms with Crippen LogP contribution in [0.1, 0.15) is 18.4 Å². The van der Waals surface area contributed by atoms with E-state index in [1.54, 1.807) is 21.8 Å². The molecule has 0 bridgehead atoms. The number of rotatable bonds is 3. The van der Waals surface area contributed by atoms with E-state index in [4.69, 9.17) is 17.3 Å². The molecule has 0 unspecified atom stereocenters. The van der Waals surface area contributed by atoms with Crippen molar-refractivity contribution in [1.29, 1.82) is 0 Å². The summed E-state index contributed by atoms with van der Waals surface area (Å²) in [4.78, 5) is 14.1. The van der Waals surface area contributed by atoms with Gasteiger partial charge in [-0.3, -0.25) is 5.32 Å². The summed E-state index contributed by atoms with van der Waals surface area (Å²) in [6, 6.07) is 9.30. The monoisotopic (exact) mass is 333 g/mol. The molecule has 1 aromatic heterocycles. The Morgan fingerprint density at radius 3 is 3.09 bits per heavy atom. The van der Waals surface area contributed by atoms with Crippen molar-refractivity contribution in [3.63, 3.8) is 0 Å². The molecule has 1 atom stereocenters. The third-order valence-corrected chi connectivity index (χ3v) is 4.15. The zero-order chi connectivity index (χ0) is 16.2. The topological polar surface area (TPSA) is 76.2 Å². The summed E-state index contributed by atoms with van der Waals surface area (Å²) >= 11 is 6.01. The van der Waals surface area contributed by atoms with Gasteiger partial charge in [0.05, 0.1) is 12.7 Å². The van der Waals surface area contributed by atoms with E-state index in [-0.39, 0.29) is 12.1 Å². The average molecular weight is 334 g/mol. The molecule has 1 fully saturated rings. The molecular formula is C16H20ClN5O. The first-order chi connectivity index (χ1) is 11.1. The van der Waals surface area contributed by atoms with Gasteiger partial charge in [0.2, 0.25) is 0 Å². The van der Waals surface area contributed by atoms with Crippen molar-refractivity contribution < 1.29 is 4.79 Å². The van der Waals surface area contributed by atoms with Crippen LogP contribution in [0.4, 0.5) is 10.6 Å². The van der Waals surface area contributed by atoms with Gasteiger partial charge in [0.15, 0.2) is 0 Å². The van der Waals surface area contributed by atoms with Gasteiger partial charge in [0.1, 0.15) is 5.82 Å². The number of nitrogens with two attached hydrogens (primary N) is 1. The highest BCUT2D eigenvalue weighted by molar-refractivity contribution is 6.30. The van der Waals surface area contributed by atoms with Gasteiger partial charge in [0.25, 0.3) is 0 Å². The van der Waals surface area contributed by atoms with Crippen LogP contribution >= 0.6 is 11.6 Å². The summed E-state index contributed by atoms with van der Waals surface area (Å²) < 4.78 is 1.74. The fourth-order valence-electron chi connectivity index (χ4n) is 2.76. The molecule has 1 saturated heterocycles. The highest BCUT2D eigenvalue weighted by Gasteiger charge is 2.21. The number of carbonyl (C=O) groups excluding carboxylic acids is 1. The third kappa shape index (κ3) is 4.03. The first-order valence-corrected chi connectivity index (χ1v) is 8.07. The van der Waals surface area contributed by atoms with Crippen LogP contribution in [0.15, 0.2) is 36.5 Å². The van der Waals surface area contributed by atoms with E-state index in [0.29, 0.717) is 23.9 Å². The summed E-state index contributed by atoms with van der Waals surface area (Å²) in [5.74, 6) is 0.661. The van der Waals surface area contributed by atoms with Gasteiger partial charge in [-0.25, -0.2) is 9.48 Å². The van der Waals surface area contributed by atoms with E-state index in [1.165, 1.54) is 0 Å². The molecule has 0 spiro atoms. The summed E-state index contributed by atoms with van der Waals surface area (Å²) in [6.07, 6.45) is 3.58. The predicted molar refractivity (Wildman–Crippen MR) is 90.6 cm³/mol. The van der Waals surface area contributed by atoms with Crippen LogP contribution in [-0.2, 0) is 6.54 Å². The number of benzene rings is 1. The summed E-state index contributed by atoms with van der Waals surface area (Å²) in [5.41, 5.74) is 6.96. The maximum Gasteiger partial charge on any atom is 0.323 e. The highest BCUT2D eigenvalue weighted by Crippen LogP contribution is 2.16. The maximum absolute atomic E-state index is 12.4. The van der Waals surface area contributed by atoms with Crippen molar-refractivity contribution in [1.82, 2.24) is 14.7 Å². The van der Waals surface area contributed by atoms with Crippen molar-refractivity contribution in [2.24, 2.45) is 5.73 Å². The van der Waals surface area contributed by atoms with Crippen molar-refractivity contribution in [3.8, 4) is 0 Å². The minimum Gasteiger partial charge on any atom is -0.326 e. The number of aromatic nitrogens is 2. The van der Waals surface area contributed by atoms with Crippen LogP contribution in [0.2, 0.25) is 5.02 Å². The number of urea groups is 1.